The van der Waals surface area contributed by atoms with Crippen LogP contribution < -0.4 is 4.74 Å². The van der Waals surface area contributed by atoms with E-state index in [1.165, 1.54) is 5.56 Å². The number of ether oxygens (including phenoxy) is 1. The van der Waals surface area contributed by atoms with Crippen LogP contribution in [0.25, 0.3) is 0 Å². The minimum absolute atomic E-state index is 0.0520. The van der Waals surface area contributed by atoms with E-state index < -0.39 is 0 Å². The van der Waals surface area contributed by atoms with Crippen molar-refractivity contribution in [3.63, 3.8) is 0 Å². The van der Waals surface area contributed by atoms with Crippen LogP contribution in [0, 0.1) is 0 Å². The van der Waals surface area contributed by atoms with Crippen molar-refractivity contribution < 1.29 is 9.53 Å². The molecule has 60 valence electrons. The molecule has 0 N–H and O–H groups in total. The molecule has 12 heavy (non-hydrogen) atoms. The summed E-state index contributed by atoms with van der Waals surface area (Å²) in [5.74, 6) is 0.783. The summed E-state index contributed by atoms with van der Waals surface area (Å²) in [4.78, 5) is 11.3. The molecule has 3 rings (SSSR count). The van der Waals surface area contributed by atoms with Crippen LogP contribution in [0.1, 0.15) is 23.5 Å². The molecule has 0 bridgehead atoms. The maximum Gasteiger partial charge on any atom is 0.318 e. The lowest BCUT2D eigenvalue weighted by Crippen LogP contribution is -2.07. The molecule has 2 aliphatic rings. The molecule has 0 spiro atoms. The summed E-state index contributed by atoms with van der Waals surface area (Å²) in [6.07, 6.45) is 1.97. The van der Waals surface area contributed by atoms with Crippen LogP contribution in [0.15, 0.2) is 18.2 Å². The first-order chi connectivity index (χ1) is 5.86. The predicted octanol–water partition coefficient (Wildman–Crippen LogP) is 1.64. The number of rotatable bonds is 0. The van der Waals surface area contributed by atoms with E-state index in [4.69, 9.17) is 4.74 Å². The van der Waals surface area contributed by atoms with Gasteiger partial charge >= 0.3 is 5.97 Å². The van der Waals surface area contributed by atoms with Crippen LogP contribution in [0.5, 0.6) is 5.75 Å². The van der Waals surface area contributed by atoms with Gasteiger partial charge in [0.05, 0.1) is 5.92 Å². The second kappa shape index (κ2) is 1.89. The summed E-state index contributed by atoms with van der Waals surface area (Å²) in [5, 5.41) is 0. The second-order valence-electron chi connectivity index (χ2n) is 3.34. The van der Waals surface area contributed by atoms with Crippen LogP contribution in [-0.2, 0) is 11.2 Å². The van der Waals surface area contributed by atoms with Gasteiger partial charge in [-0.25, -0.2) is 0 Å². The van der Waals surface area contributed by atoms with E-state index in [9.17, 15) is 4.79 Å². The molecule has 0 aromatic heterocycles. The number of carbonyl (C=O) groups excluding carboxylic acids is 1. The van der Waals surface area contributed by atoms with E-state index >= 15 is 0 Å². The molecule has 1 aliphatic heterocycles. The fourth-order valence-electron chi connectivity index (χ4n) is 2.15. The largest absolute Gasteiger partial charge is 0.426 e. The Bertz CT molecular complexity index is 368. The summed E-state index contributed by atoms with van der Waals surface area (Å²) in [7, 11) is 0. The standard InChI is InChI=1S/C10H8O2/c11-10-7-5-4-6-2-1-3-8(12-10)9(6)7/h1-3,7H,4-5H2. The molecule has 2 heteroatoms. The quantitative estimate of drug-likeness (QED) is 0.426. The molecule has 0 fully saturated rings. The Kier molecular flexibility index (Phi) is 0.980. The van der Waals surface area contributed by atoms with E-state index in [-0.39, 0.29) is 11.9 Å². The Morgan fingerprint density at radius 3 is 3.25 bits per heavy atom. The zero-order valence-corrected chi connectivity index (χ0v) is 6.54. The minimum Gasteiger partial charge on any atom is -0.426 e. The highest BCUT2D eigenvalue weighted by atomic mass is 16.5. The van der Waals surface area contributed by atoms with Gasteiger partial charge in [0.2, 0.25) is 0 Å². The third kappa shape index (κ3) is 0.583. The average Bonchev–Trinajstić information content (AvgIpc) is 2.60. The summed E-state index contributed by atoms with van der Waals surface area (Å²) < 4.78 is 5.11. The molecule has 2 nitrogen and oxygen atoms in total. The third-order valence-electron chi connectivity index (χ3n) is 2.70. The fourth-order valence-corrected chi connectivity index (χ4v) is 2.15. The van der Waals surface area contributed by atoms with Crippen molar-refractivity contribution in [1.82, 2.24) is 0 Å². The third-order valence-corrected chi connectivity index (χ3v) is 2.70. The predicted molar refractivity (Wildman–Crippen MR) is 43.1 cm³/mol. The van der Waals surface area contributed by atoms with Crippen LogP contribution in [0.4, 0.5) is 0 Å². The van der Waals surface area contributed by atoms with Gasteiger partial charge in [0.1, 0.15) is 5.75 Å². The molecule has 0 radical (unpaired) electrons. The highest BCUT2D eigenvalue weighted by molar-refractivity contribution is 5.87. The van der Waals surface area contributed by atoms with Gasteiger partial charge < -0.3 is 4.74 Å². The molecule has 0 saturated heterocycles. The van der Waals surface area contributed by atoms with Crippen LogP contribution in [0.3, 0.4) is 0 Å². The summed E-state index contributed by atoms with van der Waals surface area (Å²) in [6.45, 7) is 0. The topological polar surface area (TPSA) is 26.3 Å². The van der Waals surface area contributed by atoms with Crippen molar-refractivity contribution in [3.8, 4) is 5.75 Å². The van der Waals surface area contributed by atoms with Crippen molar-refractivity contribution in [3.05, 3.63) is 29.3 Å². The lowest BCUT2D eigenvalue weighted by molar-refractivity contribution is -0.134. The number of hydrogen-bond donors (Lipinski definition) is 0. The summed E-state index contributed by atoms with van der Waals surface area (Å²) in [5.41, 5.74) is 2.45. The molecule has 1 heterocycles. The van der Waals surface area contributed by atoms with Gasteiger partial charge in [0.25, 0.3) is 0 Å². The Morgan fingerprint density at radius 1 is 1.42 bits per heavy atom. The van der Waals surface area contributed by atoms with E-state index in [1.807, 2.05) is 12.1 Å². The summed E-state index contributed by atoms with van der Waals surface area (Å²) >= 11 is 0. The van der Waals surface area contributed by atoms with Gasteiger partial charge in [-0.05, 0) is 24.5 Å². The molecule has 1 unspecified atom stereocenters. The maximum atomic E-state index is 11.3. The van der Waals surface area contributed by atoms with Gasteiger partial charge in [-0.3, -0.25) is 4.79 Å². The molecular formula is C10H8O2. The first kappa shape index (κ1) is 6.23. The van der Waals surface area contributed by atoms with Crippen molar-refractivity contribution in [2.45, 2.75) is 18.8 Å². The van der Waals surface area contributed by atoms with Gasteiger partial charge in [-0.15, -0.1) is 0 Å². The first-order valence-corrected chi connectivity index (χ1v) is 4.20. The number of esters is 1. The van der Waals surface area contributed by atoms with Crippen molar-refractivity contribution in [1.29, 1.82) is 0 Å². The number of carbonyl (C=O) groups is 1. The monoisotopic (exact) mass is 160 g/mol. The highest BCUT2D eigenvalue weighted by Gasteiger charge is 2.38. The van der Waals surface area contributed by atoms with Crippen LogP contribution in [0.2, 0.25) is 0 Å². The Labute approximate surface area is 70.2 Å². The molecule has 1 atom stereocenters. The van der Waals surface area contributed by atoms with Gasteiger partial charge in [-0.1, -0.05) is 12.1 Å². The van der Waals surface area contributed by atoms with E-state index in [0.29, 0.717) is 0 Å². The maximum absolute atomic E-state index is 11.3. The SMILES string of the molecule is O=C1Oc2cccc3c2C1CC3. The normalized spacial score (nSPS) is 24.0. The van der Waals surface area contributed by atoms with Gasteiger partial charge in [0.15, 0.2) is 0 Å². The zero-order valence-electron chi connectivity index (χ0n) is 6.54. The van der Waals surface area contributed by atoms with Gasteiger partial charge in [0, 0.05) is 5.56 Å². The lowest BCUT2D eigenvalue weighted by atomic mass is 10.0. The fraction of sp³-hybridized carbons (Fsp3) is 0.300. The Hall–Kier alpha value is -1.31. The molecule has 1 aromatic carbocycles. The lowest BCUT2D eigenvalue weighted by Gasteiger charge is -1.98. The van der Waals surface area contributed by atoms with Gasteiger partial charge in [-0.2, -0.15) is 0 Å². The van der Waals surface area contributed by atoms with E-state index in [2.05, 4.69) is 6.07 Å². The number of benzene rings is 1. The van der Waals surface area contributed by atoms with Crippen molar-refractivity contribution in [2.24, 2.45) is 0 Å². The molecular weight excluding hydrogens is 152 g/mol. The zero-order chi connectivity index (χ0) is 8.13. The smallest absolute Gasteiger partial charge is 0.318 e. The molecule has 1 aliphatic carbocycles. The van der Waals surface area contributed by atoms with Crippen molar-refractivity contribution >= 4 is 5.97 Å². The second-order valence-corrected chi connectivity index (χ2v) is 3.34. The van der Waals surface area contributed by atoms with Crippen LogP contribution >= 0.6 is 0 Å². The molecule has 1 aromatic rings. The molecule has 0 saturated carbocycles. The summed E-state index contributed by atoms with van der Waals surface area (Å²) in [6, 6.07) is 5.91. The van der Waals surface area contributed by atoms with E-state index in [1.54, 1.807) is 0 Å². The number of hydrogen-bond acceptors (Lipinski definition) is 2. The highest BCUT2D eigenvalue weighted by Crippen LogP contribution is 2.44. The Morgan fingerprint density at radius 2 is 2.33 bits per heavy atom. The molecule has 0 amide bonds. The van der Waals surface area contributed by atoms with Crippen LogP contribution in [-0.4, -0.2) is 5.97 Å². The van der Waals surface area contributed by atoms with Crippen molar-refractivity contribution in [2.75, 3.05) is 0 Å². The first-order valence-electron chi connectivity index (χ1n) is 4.20. The number of aryl methyl sites for hydroxylation is 1. The minimum atomic E-state index is -0.0602. The Balaban J connectivity index is 2.31. The average molecular weight is 160 g/mol. The van der Waals surface area contributed by atoms with E-state index in [0.717, 1.165) is 24.2 Å².